The molecule has 1 N–H and O–H groups in total. The molecule has 0 aliphatic carbocycles. The van der Waals surface area contributed by atoms with Crippen LogP contribution in [0.4, 0.5) is 13.2 Å². The first-order valence-electron chi connectivity index (χ1n) is 6.71. The summed E-state index contributed by atoms with van der Waals surface area (Å²) in [5, 5.41) is 0. The highest BCUT2D eigenvalue weighted by Gasteiger charge is 2.30. The van der Waals surface area contributed by atoms with Crippen LogP contribution in [0.2, 0.25) is 0 Å². The van der Waals surface area contributed by atoms with Crippen molar-refractivity contribution in [2.45, 2.75) is 6.18 Å². The maximum absolute atomic E-state index is 12.6. The van der Waals surface area contributed by atoms with E-state index >= 15 is 0 Å². The van der Waals surface area contributed by atoms with Gasteiger partial charge in [0.15, 0.2) is 11.5 Å². The van der Waals surface area contributed by atoms with Gasteiger partial charge in [-0.15, -0.1) is 0 Å². The molecule has 0 amide bonds. The number of aromatic nitrogens is 2. The Morgan fingerprint density at radius 2 is 1.57 bits per heavy atom. The van der Waals surface area contributed by atoms with Crippen LogP contribution < -0.4 is 9.47 Å². The first kappa shape index (κ1) is 15.2. The van der Waals surface area contributed by atoms with Gasteiger partial charge in [-0.25, -0.2) is 4.98 Å². The van der Waals surface area contributed by atoms with E-state index in [4.69, 9.17) is 9.47 Å². The Morgan fingerprint density at radius 1 is 0.957 bits per heavy atom. The third-order valence-corrected chi connectivity index (χ3v) is 3.47. The van der Waals surface area contributed by atoms with Crippen LogP contribution in [-0.2, 0) is 6.18 Å². The maximum atomic E-state index is 12.6. The predicted molar refractivity (Wildman–Crippen MR) is 79.6 cm³/mol. The van der Waals surface area contributed by atoms with Crippen molar-refractivity contribution in [3.8, 4) is 22.9 Å². The number of H-pyrrole nitrogens is 1. The molecule has 120 valence electrons. The average Bonchev–Trinajstić information content (AvgIpc) is 2.95. The fourth-order valence-electron chi connectivity index (χ4n) is 2.29. The second-order valence-electron chi connectivity index (χ2n) is 4.88. The van der Waals surface area contributed by atoms with Gasteiger partial charge < -0.3 is 14.5 Å². The number of nitrogens with one attached hydrogen (secondary N) is 1. The van der Waals surface area contributed by atoms with Gasteiger partial charge in [0.2, 0.25) is 0 Å². The highest BCUT2D eigenvalue weighted by Crippen LogP contribution is 2.33. The van der Waals surface area contributed by atoms with E-state index in [2.05, 4.69) is 9.97 Å². The van der Waals surface area contributed by atoms with Crippen molar-refractivity contribution in [3.05, 3.63) is 42.0 Å². The molecule has 23 heavy (non-hydrogen) atoms. The van der Waals surface area contributed by atoms with E-state index in [9.17, 15) is 13.2 Å². The number of nitrogens with zero attached hydrogens (tertiary/aromatic N) is 1. The second kappa shape index (κ2) is 5.49. The lowest BCUT2D eigenvalue weighted by atomic mass is 10.1. The molecule has 0 fully saturated rings. The fraction of sp³-hybridized carbons (Fsp3) is 0.188. The zero-order valence-electron chi connectivity index (χ0n) is 12.4. The van der Waals surface area contributed by atoms with Crippen LogP contribution in [0.15, 0.2) is 36.4 Å². The molecule has 1 aromatic heterocycles. The summed E-state index contributed by atoms with van der Waals surface area (Å²) in [6.45, 7) is 0. The van der Waals surface area contributed by atoms with Crippen LogP contribution in [-0.4, -0.2) is 24.2 Å². The van der Waals surface area contributed by atoms with E-state index in [0.29, 0.717) is 33.9 Å². The molecule has 0 aliphatic heterocycles. The summed E-state index contributed by atoms with van der Waals surface area (Å²) in [5.74, 6) is 1.55. The van der Waals surface area contributed by atoms with Crippen LogP contribution in [0.5, 0.6) is 11.5 Å². The number of halogens is 3. The first-order valence-corrected chi connectivity index (χ1v) is 6.71. The first-order chi connectivity index (χ1) is 10.9. The number of ether oxygens (including phenoxy) is 2. The Morgan fingerprint density at radius 3 is 2.13 bits per heavy atom. The van der Waals surface area contributed by atoms with Crippen LogP contribution in [0.25, 0.3) is 22.4 Å². The summed E-state index contributed by atoms with van der Waals surface area (Å²) in [4.78, 5) is 7.45. The summed E-state index contributed by atoms with van der Waals surface area (Å²) in [5.41, 5.74) is 1.21. The molecular formula is C16H13F3N2O2. The SMILES string of the molecule is COc1cc2nc(-c3ccc(C(F)(F)F)cc3)[nH]c2cc1OC. The molecule has 3 aromatic rings. The molecule has 0 bridgehead atoms. The monoisotopic (exact) mass is 322 g/mol. The number of alkyl halides is 3. The third-order valence-electron chi connectivity index (χ3n) is 3.47. The molecule has 7 heteroatoms. The van der Waals surface area contributed by atoms with Gasteiger partial charge >= 0.3 is 6.18 Å². The Labute approximate surface area is 129 Å². The van der Waals surface area contributed by atoms with E-state index in [0.717, 1.165) is 12.1 Å². The Hall–Kier alpha value is -2.70. The van der Waals surface area contributed by atoms with E-state index in [-0.39, 0.29) is 0 Å². The van der Waals surface area contributed by atoms with Crippen molar-refractivity contribution in [3.63, 3.8) is 0 Å². The molecule has 3 rings (SSSR count). The molecule has 0 saturated heterocycles. The van der Waals surface area contributed by atoms with Crippen molar-refractivity contribution in [1.82, 2.24) is 9.97 Å². The van der Waals surface area contributed by atoms with Gasteiger partial charge in [-0.1, -0.05) is 12.1 Å². The van der Waals surface area contributed by atoms with Crippen LogP contribution in [0.3, 0.4) is 0 Å². The van der Waals surface area contributed by atoms with Gasteiger partial charge in [-0.3, -0.25) is 0 Å². The molecule has 0 saturated carbocycles. The number of hydrogen-bond acceptors (Lipinski definition) is 3. The molecule has 4 nitrogen and oxygen atoms in total. The van der Waals surface area contributed by atoms with Gasteiger partial charge in [-0.2, -0.15) is 13.2 Å². The van der Waals surface area contributed by atoms with Gasteiger partial charge in [0, 0.05) is 17.7 Å². The number of hydrogen-bond donors (Lipinski definition) is 1. The smallest absolute Gasteiger partial charge is 0.416 e. The van der Waals surface area contributed by atoms with Gasteiger partial charge in [0.05, 0.1) is 30.8 Å². The molecule has 1 heterocycles. The molecule has 0 spiro atoms. The van der Waals surface area contributed by atoms with E-state index in [1.54, 1.807) is 12.1 Å². The number of rotatable bonds is 3. The number of aromatic amines is 1. The van der Waals surface area contributed by atoms with E-state index in [1.807, 2.05) is 0 Å². The maximum Gasteiger partial charge on any atom is 0.416 e. The number of benzene rings is 2. The fourth-order valence-corrected chi connectivity index (χ4v) is 2.29. The lowest BCUT2D eigenvalue weighted by Crippen LogP contribution is -2.04. The van der Waals surface area contributed by atoms with E-state index < -0.39 is 11.7 Å². The van der Waals surface area contributed by atoms with Crippen molar-refractivity contribution in [2.75, 3.05) is 14.2 Å². The van der Waals surface area contributed by atoms with Crippen molar-refractivity contribution < 1.29 is 22.6 Å². The van der Waals surface area contributed by atoms with Crippen LogP contribution >= 0.6 is 0 Å². The summed E-state index contributed by atoms with van der Waals surface area (Å²) in [6, 6.07) is 8.27. The minimum Gasteiger partial charge on any atom is -0.493 e. The average molecular weight is 322 g/mol. The highest BCUT2D eigenvalue weighted by molar-refractivity contribution is 5.83. The number of fused-ring (bicyclic) bond motifs is 1. The molecule has 0 aliphatic rings. The van der Waals surface area contributed by atoms with E-state index in [1.165, 1.54) is 26.4 Å². The topological polar surface area (TPSA) is 47.1 Å². The molecule has 0 unspecified atom stereocenters. The molecule has 0 atom stereocenters. The summed E-state index contributed by atoms with van der Waals surface area (Å²) < 4.78 is 48.2. The third kappa shape index (κ3) is 2.81. The van der Waals surface area contributed by atoms with Crippen LogP contribution in [0.1, 0.15) is 5.56 Å². The lowest BCUT2D eigenvalue weighted by molar-refractivity contribution is -0.137. The lowest BCUT2D eigenvalue weighted by Gasteiger charge is -2.06. The summed E-state index contributed by atoms with van der Waals surface area (Å²) >= 11 is 0. The quantitative estimate of drug-likeness (QED) is 0.783. The molecular weight excluding hydrogens is 309 g/mol. The normalized spacial score (nSPS) is 11.7. The second-order valence-corrected chi connectivity index (χ2v) is 4.88. The zero-order chi connectivity index (χ0) is 16.6. The summed E-state index contributed by atoms with van der Waals surface area (Å²) in [6.07, 6.45) is -4.35. The van der Waals surface area contributed by atoms with Crippen LogP contribution in [0, 0.1) is 0 Å². The number of methoxy groups -OCH3 is 2. The zero-order valence-corrected chi connectivity index (χ0v) is 12.4. The summed E-state index contributed by atoms with van der Waals surface area (Å²) in [7, 11) is 3.05. The molecule has 2 aromatic carbocycles. The van der Waals surface area contributed by atoms with Crippen molar-refractivity contribution in [2.24, 2.45) is 0 Å². The predicted octanol–water partition coefficient (Wildman–Crippen LogP) is 4.27. The Kier molecular flexibility index (Phi) is 3.63. The highest BCUT2D eigenvalue weighted by atomic mass is 19.4. The Bertz CT molecular complexity index is 798. The number of imidazole rings is 1. The largest absolute Gasteiger partial charge is 0.493 e. The van der Waals surface area contributed by atoms with Crippen molar-refractivity contribution >= 4 is 11.0 Å². The Balaban J connectivity index is 2.03. The minimum atomic E-state index is -4.35. The van der Waals surface area contributed by atoms with Crippen molar-refractivity contribution in [1.29, 1.82) is 0 Å². The standard InChI is InChI=1S/C16H13F3N2O2/c1-22-13-7-11-12(8-14(13)23-2)21-15(20-11)9-3-5-10(6-4-9)16(17,18)19/h3-8H,1-2H3,(H,20,21). The van der Waals surface area contributed by atoms with Gasteiger partial charge in [0.1, 0.15) is 5.82 Å². The molecule has 0 radical (unpaired) electrons. The minimum absolute atomic E-state index is 0.476. The van der Waals surface area contributed by atoms with Gasteiger partial charge in [0.25, 0.3) is 0 Å². The van der Waals surface area contributed by atoms with Gasteiger partial charge in [-0.05, 0) is 12.1 Å².